The van der Waals surface area contributed by atoms with Gasteiger partial charge in [-0.1, -0.05) is 12.8 Å². The average molecular weight is 409 g/mol. The van der Waals surface area contributed by atoms with E-state index in [0.29, 0.717) is 18.2 Å². The van der Waals surface area contributed by atoms with Gasteiger partial charge in [-0.15, -0.1) is 0 Å². The number of hydrogen-bond acceptors (Lipinski definition) is 7. The van der Waals surface area contributed by atoms with Gasteiger partial charge in [0.25, 0.3) is 5.56 Å². The Bertz CT molecular complexity index is 1070. The fraction of sp³-hybridized carbons (Fsp3) is 0.409. The maximum absolute atomic E-state index is 12.7. The molecule has 2 aromatic heterocycles. The van der Waals surface area contributed by atoms with Gasteiger partial charge in [-0.05, 0) is 57.3 Å². The molecule has 1 saturated carbocycles. The van der Waals surface area contributed by atoms with Crippen LogP contribution in [0.5, 0.6) is 5.75 Å². The molecular weight excluding hydrogens is 380 g/mol. The van der Waals surface area contributed by atoms with Crippen LogP contribution in [0.4, 0.5) is 17.3 Å². The first-order valence-electron chi connectivity index (χ1n) is 10.3. The first-order chi connectivity index (χ1) is 14.5. The summed E-state index contributed by atoms with van der Waals surface area (Å²) in [6.45, 7) is 1.49. The number of nitrogens with two attached hydrogens (primary N) is 1. The fourth-order valence-electron chi connectivity index (χ4n) is 3.81. The maximum atomic E-state index is 12.7. The molecule has 30 heavy (non-hydrogen) atoms. The second kappa shape index (κ2) is 8.71. The molecule has 0 amide bonds. The fourth-order valence-corrected chi connectivity index (χ4v) is 3.81. The summed E-state index contributed by atoms with van der Waals surface area (Å²) in [6.07, 6.45) is 5.89. The van der Waals surface area contributed by atoms with Gasteiger partial charge in [0.2, 0.25) is 5.95 Å². The lowest BCUT2D eigenvalue weighted by molar-refractivity contribution is 0.261. The minimum Gasteiger partial charge on any atom is -0.492 e. The Hall–Kier alpha value is -3.13. The quantitative estimate of drug-likeness (QED) is 0.619. The van der Waals surface area contributed by atoms with Gasteiger partial charge in [-0.25, -0.2) is 4.98 Å². The number of nitrogen functional groups attached to an aromatic ring is 1. The van der Waals surface area contributed by atoms with Gasteiger partial charge in [0.15, 0.2) is 0 Å². The van der Waals surface area contributed by atoms with Crippen LogP contribution in [0.1, 0.15) is 31.7 Å². The van der Waals surface area contributed by atoms with E-state index in [2.05, 4.69) is 20.2 Å². The number of pyridine rings is 1. The second-order valence-electron chi connectivity index (χ2n) is 7.99. The van der Waals surface area contributed by atoms with E-state index in [1.165, 1.54) is 0 Å². The number of anilines is 3. The molecule has 0 saturated heterocycles. The molecule has 0 atom stereocenters. The molecule has 0 radical (unpaired) electrons. The lowest BCUT2D eigenvalue weighted by Gasteiger charge is -2.17. The molecule has 0 aliphatic heterocycles. The average Bonchev–Trinajstić information content (AvgIpc) is 3.25. The van der Waals surface area contributed by atoms with Crippen LogP contribution in [0.3, 0.4) is 0 Å². The van der Waals surface area contributed by atoms with Crippen LogP contribution < -0.4 is 21.3 Å². The predicted octanol–water partition coefficient (Wildman–Crippen LogP) is 3.17. The van der Waals surface area contributed by atoms with E-state index in [4.69, 9.17) is 10.5 Å². The van der Waals surface area contributed by atoms with Crippen molar-refractivity contribution in [2.75, 3.05) is 38.3 Å². The number of nitrogens with zero attached hydrogens (tertiary/aromatic N) is 4. The van der Waals surface area contributed by atoms with Gasteiger partial charge in [0, 0.05) is 29.9 Å². The van der Waals surface area contributed by atoms with Crippen molar-refractivity contribution in [2.45, 2.75) is 31.7 Å². The van der Waals surface area contributed by atoms with Crippen LogP contribution in [0.15, 0.2) is 41.3 Å². The van der Waals surface area contributed by atoms with E-state index in [1.807, 2.05) is 38.4 Å². The summed E-state index contributed by atoms with van der Waals surface area (Å²) >= 11 is 0. The van der Waals surface area contributed by atoms with Gasteiger partial charge in [0.05, 0.1) is 5.69 Å². The standard InChI is InChI=1S/C22H28N6O2/c1-27(2)11-12-30-18-9-7-16(8-10-18)25-22-24-14-15-13-19(23)21(29)28(20(15)26-22)17-5-3-4-6-17/h7-10,13-14,17H,3-6,11-12,23H2,1-2H3,(H,24,25,26). The Morgan fingerprint density at radius 2 is 1.97 bits per heavy atom. The molecule has 8 heteroatoms. The molecule has 1 aliphatic rings. The van der Waals surface area contributed by atoms with Gasteiger partial charge in [-0.2, -0.15) is 4.98 Å². The number of nitrogens with one attached hydrogen (secondary N) is 1. The normalized spacial score (nSPS) is 14.5. The molecule has 1 fully saturated rings. The third-order valence-electron chi connectivity index (χ3n) is 5.41. The zero-order valence-electron chi connectivity index (χ0n) is 17.5. The zero-order valence-corrected chi connectivity index (χ0v) is 17.5. The second-order valence-corrected chi connectivity index (χ2v) is 7.99. The summed E-state index contributed by atoms with van der Waals surface area (Å²) < 4.78 is 7.48. The first kappa shape index (κ1) is 20.2. The first-order valence-corrected chi connectivity index (χ1v) is 10.3. The number of rotatable bonds is 7. The molecule has 8 nitrogen and oxygen atoms in total. The summed E-state index contributed by atoms with van der Waals surface area (Å²) in [5, 5.41) is 3.99. The summed E-state index contributed by atoms with van der Waals surface area (Å²) in [6, 6.07) is 9.47. The topological polar surface area (TPSA) is 98.3 Å². The minimum atomic E-state index is -0.168. The van der Waals surface area contributed by atoms with Gasteiger partial charge >= 0.3 is 0 Å². The van der Waals surface area contributed by atoms with Crippen molar-refractivity contribution in [2.24, 2.45) is 0 Å². The molecular formula is C22H28N6O2. The van der Waals surface area contributed by atoms with Crippen molar-refractivity contribution in [1.29, 1.82) is 0 Å². The highest BCUT2D eigenvalue weighted by Crippen LogP contribution is 2.31. The van der Waals surface area contributed by atoms with E-state index in [0.717, 1.165) is 49.1 Å². The minimum absolute atomic E-state index is 0.143. The molecule has 0 bridgehead atoms. The number of ether oxygens (including phenoxy) is 1. The SMILES string of the molecule is CN(C)CCOc1ccc(Nc2ncc3cc(N)c(=O)n(C4CCCC4)c3n2)cc1. The molecule has 3 N–H and O–H groups in total. The summed E-state index contributed by atoms with van der Waals surface area (Å²) in [5.41, 5.74) is 7.51. The molecule has 3 aromatic rings. The summed E-state index contributed by atoms with van der Waals surface area (Å²) in [7, 11) is 4.03. The van der Waals surface area contributed by atoms with E-state index in [1.54, 1.807) is 16.8 Å². The third-order valence-corrected chi connectivity index (χ3v) is 5.41. The lowest BCUT2D eigenvalue weighted by atomic mass is 10.2. The van der Waals surface area contributed by atoms with Gasteiger partial charge in [-0.3, -0.25) is 9.36 Å². The monoisotopic (exact) mass is 408 g/mol. The third kappa shape index (κ3) is 4.38. The predicted molar refractivity (Wildman–Crippen MR) is 119 cm³/mol. The van der Waals surface area contributed by atoms with Crippen LogP contribution in [0, 0.1) is 0 Å². The Morgan fingerprint density at radius 3 is 2.67 bits per heavy atom. The van der Waals surface area contributed by atoms with Crippen LogP contribution >= 0.6 is 0 Å². The largest absolute Gasteiger partial charge is 0.492 e. The number of likely N-dealkylation sites (N-methyl/N-ethyl adjacent to an activating group) is 1. The zero-order chi connectivity index (χ0) is 21.1. The summed E-state index contributed by atoms with van der Waals surface area (Å²) in [5.74, 6) is 1.26. The van der Waals surface area contributed by atoms with Crippen LogP contribution in [0.2, 0.25) is 0 Å². The van der Waals surface area contributed by atoms with E-state index in [9.17, 15) is 4.79 Å². The smallest absolute Gasteiger partial charge is 0.275 e. The summed E-state index contributed by atoms with van der Waals surface area (Å²) in [4.78, 5) is 23.9. The molecule has 1 aromatic carbocycles. The van der Waals surface area contributed by atoms with E-state index in [-0.39, 0.29) is 17.3 Å². The highest BCUT2D eigenvalue weighted by atomic mass is 16.5. The number of benzene rings is 1. The Balaban J connectivity index is 1.57. The Kier molecular flexibility index (Phi) is 5.85. The van der Waals surface area contributed by atoms with Gasteiger partial charge < -0.3 is 20.7 Å². The van der Waals surface area contributed by atoms with Crippen LogP contribution in [-0.2, 0) is 0 Å². The Morgan fingerprint density at radius 1 is 1.23 bits per heavy atom. The van der Waals surface area contributed by atoms with Crippen molar-refractivity contribution < 1.29 is 4.74 Å². The van der Waals surface area contributed by atoms with Crippen molar-refractivity contribution in [3.63, 3.8) is 0 Å². The van der Waals surface area contributed by atoms with Crippen molar-refractivity contribution in [3.8, 4) is 5.75 Å². The number of aromatic nitrogens is 3. The van der Waals surface area contributed by atoms with Crippen molar-refractivity contribution >= 4 is 28.4 Å². The molecule has 0 spiro atoms. The molecule has 0 unspecified atom stereocenters. The van der Waals surface area contributed by atoms with E-state index < -0.39 is 0 Å². The van der Waals surface area contributed by atoms with Gasteiger partial charge in [0.1, 0.15) is 18.0 Å². The lowest BCUT2D eigenvalue weighted by Crippen LogP contribution is -2.27. The number of fused-ring (bicyclic) bond motifs is 1. The highest BCUT2D eigenvalue weighted by molar-refractivity contribution is 5.79. The van der Waals surface area contributed by atoms with Crippen LogP contribution in [-0.4, -0.2) is 46.7 Å². The van der Waals surface area contributed by atoms with Crippen molar-refractivity contribution in [1.82, 2.24) is 19.4 Å². The highest BCUT2D eigenvalue weighted by Gasteiger charge is 2.22. The van der Waals surface area contributed by atoms with Crippen molar-refractivity contribution in [3.05, 3.63) is 46.9 Å². The van der Waals surface area contributed by atoms with Crippen LogP contribution in [0.25, 0.3) is 11.0 Å². The molecule has 2 heterocycles. The molecule has 158 valence electrons. The molecule has 1 aliphatic carbocycles. The number of hydrogen-bond donors (Lipinski definition) is 2. The molecule has 4 rings (SSSR count). The maximum Gasteiger partial charge on any atom is 0.275 e. The van der Waals surface area contributed by atoms with E-state index >= 15 is 0 Å². The Labute approximate surface area is 175 Å².